The van der Waals surface area contributed by atoms with Crippen molar-refractivity contribution < 1.29 is 9.53 Å². The van der Waals surface area contributed by atoms with Crippen molar-refractivity contribution >= 4 is 29.2 Å². The molecule has 0 atom stereocenters. The van der Waals surface area contributed by atoms with E-state index in [1.54, 1.807) is 6.92 Å². The summed E-state index contributed by atoms with van der Waals surface area (Å²) in [6, 6.07) is 0. The molecule has 3 nitrogen and oxygen atoms in total. The Labute approximate surface area is 95.3 Å². The van der Waals surface area contributed by atoms with Crippen LogP contribution in [0.15, 0.2) is 0 Å². The van der Waals surface area contributed by atoms with Gasteiger partial charge in [-0.15, -0.1) is 23.2 Å². The highest BCUT2D eigenvalue weighted by Gasteiger charge is 2.09. The average molecular weight is 242 g/mol. The molecule has 0 aromatic heterocycles. The number of nitrogens with zero attached hydrogens (tertiary/aromatic N) is 1. The molecule has 0 heterocycles. The van der Waals surface area contributed by atoms with E-state index in [4.69, 9.17) is 27.9 Å². The summed E-state index contributed by atoms with van der Waals surface area (Å²) in [5.41, 5.74) is 0. The highest BCUT2D eigenvalue weighted by Crippen LogP contribution is 1.96. The number of hydrogen-bond donors (Lipinski definition) is 0. The van der Waals surface area contributed by atoms with Crippen molar-refractivity contribution in [2.24, 2.45) is 0 Å². The third-order valence-electron chi connectivity index (χ3n) is 1.67. The molecule has 0 rings (SSSR count). The van der Waals surface area contributed by atoms with Crippen LogP contribution in [0, 0.1) is 0 Å². The largest absolute Gasteiger partial charge is 0.465 e. The Bertz CT molecular complexity index is 156. The maximum Gasteiger partial charge on any atom is 0.320 e. The Morgan fingerprint density at radius 2 is 2.00 bits per heavy atom. The monoisotopic (exact) mass is 241 g/mol. The van der Waals surface area contributed by atoms with Crippen LogP contribution in [0.4, 0.5) is 0 Å². The van der Waals surface area contributed by atoms with Gasteiger partial charge in [-0.2, -0.15) is 0 Å². The summed E-state index contributed by atoms with van der Waals surface area (Å²) in [7, 11) is 0. The van der Waals surface area contributed by atoms with Gasteiger partial charge in [0.2, 0.25) is 0 Å². The second kappa shape index (κ2) is 9.56. The normalized spacial score (nSPS) is 10.6. The van der Waals surface area contributed by atoms with Crippen LogP contribution in [-0.4, -0.2) is 48.9 Å². The SMILES string of the molecule is CCOC(=O)CN(CCCl)CCCCl. The van der Waals surface area contributed by atoms with Crippen LogP contribution in [0.5, 0.6) is 0 Å². The Morgan fingerprint density at radius 1 is 1.29 bits per heavy atom. The van der Waals surface area contributed by atoms with Crippen LogP contribution in [0.25, 0.3) is 0 Å². The van der Waals surface area contributed by atoms with E-state index in [0.29, 0.717) is 31.5 Å². The number of hydrogen-bond acceptors (Lipinski definition) is 3. The number of carbonyl (C=O) groups excluding carboxylic acids is 1. The Hall–Kier alpha value is 0.01000. The van der Waals surface area contributed by atoms with Crippen molar-refractivity contribution in [3.05, 3.63) is 0 Å². The lowest BCUT2D eigenvalue weighted by Crippen LogP contribution is -2.33. The number of rotatable bonds is 8. The van der Waals surface area contributed by atoms with Crippen LogP contribution in [0.2, 0.25) is 0 Å². The molecule has 0 bridgehead atoms. The minimum absolute atomic E-state index is 0.202. The first-order valence-electron chi connectivity index (χ1n) is 4.74. The lowest BCUT2D eigenvalue weighted by atomic mass is 10.4. The van der Waals surface area contributed by atoms with Crippen LogP contribution < -0.4 is 0 Å². The Morgan fingerprint density at radius 3 is 2.50 bits per heavy atom. The van der Waals surface area contributed by atoms with Gasteiger partial charge in [0.25, 0.3) is 0 Å². The van der Waals surface area contributed by atoms with Gasteiger partial charge < -0.3 is 4.74 Å². The molecule has 0 saturated heterocycles. The zero-order chi connectivity index (χ0) is 10.8. The summed E-state index contributed by atoms with van der Waals surface area (Å²) in [6.07, 6.45) is 0.859. The predicted octanol–water partition coefficient (Wildman–Crippen LogP) is 1.72. The van der Waals surface area contributed by atoms with Crippen LogP contribution in [0.3, 0.4) is 0 Å². The number of carbonyl (C=O) groups is 1. The van der Waals surface area contributed by atoms with Gasteiger partial charge in [0.15, 0.2) is 0 Å². The summed E-state index contributed by atoms with van der Waals surface area (Å²) >= 11 is 11.2. The standard InChI is InChI=1S/C9H17Cl2NO2/c1-2-14-9(13)8-12(7-5-11)6-3-4-10/h2-8H2,1H3. The van der Waals surface area contributed by atoms with Gasteiger partial charge in [-0.1, -0.05) is 0 Å². The fraction of sp³-hybridized carbons (Fsp3) is 0.889. The van der Waals surface area contributed by atoms with Crippen molar-refractivity contribution in [3.8, 4) is 0 Å². The van der Waals surface area contributed by atoms with E-state index >= 15 is 0 Å². The zero-order valence-electron chi connectivity index (χ0n) is 8.47. The van der Waals surface area contributed by atoms with Crippen molar-refractivity contribution in [2.45, 2.75) is 13.3 Å². The highest BCUT2D eigenvalue weighted by atomic mass is 35.5. The Balaban J connectivity index is 3.75. The molecular formula is C9H17Cl2NO2. The molecule has 0 aromatic rings. The molecule has 0 amide bonds. The minimum Gasteiger partial charge on any atom is -0.465 e. The first-order valence-corrected chi connectivity index (χ1v) is 5.81. The molecule has 84 valence electrons. The molecule has 0 fully saturated rings. The maximum atomic E-state index is 11.2. The van der Waals surface area contributed by atoms with Gasteiger partial charge in [0.05, 0.1) is 13.2 Å². The molecule has 0 aliphatic carbocycles. The van der Waals surface area contributed by atoms with E-state index in [2.05, 4.69) is 0 Å². The number of alkyl halides is 2. The van der Waals surface area contributed by atoms with Crippen molar-refractivity contribution in [1.29, 1.82) is 0 Å². The number of halogens is 2. The van der Waals surface area contributed by atoms with Crippen LogP contribution in [-0.2, 0) is 9.53 Å². The molecule has 0 radical (unpaired) electrons. The summed E-state index contributed by atoms with van der Waals surface area (Å²) in [6.45, 7) is 4.00. The van der Waals surface area contributed by atoms with E-state index in [1.807, 2.05) is 4.90 Å². The van der Waals surface area contributed by atoms with Gasteiger partial charge in [0, 0.05) is 18.3 Å². The maximum absolute atomic E-state index is 11.2. The molecule has 0 aliphatic rings. The predicted molar refractivity (Wildman–Crippen MR) is 59.1 cm³/mol. The summed E-state index contributed by atoms with van der Waals surface area (Å²) in [5, 5.41) is 0. The van der Waals surface area contributed by atoms with Gasteiger partial charge in [0.1, 0.15) is 0 Å². The van der Waals surface area contributed by atoms with Crippen molar-refractivity contribution in [1.82, 2.24) is 4.90 Å². The summed E-state index contributed by atoms with van der Waals surface area (Å²) in [4.78, 5) is 13.1. The molecule has 14 heavy (non-hydrogen) atoms. The van der Waals surface area contributed by atoms with E-state index in [0.717, 1.165) is 13.0 Å². The van der Waals surface area contributed by atoms with E-state index in [-0.39, 0.29) is 5.97 Å². The third kappa shape index (κ3) is 7.42. The van der Waals surface area contributed by atoms with Crippen LogP contribution >= 0.6 is 23.2 Å². The van der Waals surface area contributed by atoms with Crippen molar-refractivity contribution in [2.75, 3.05) is 38.0 Å². The minimum atomic E-state index is -0.202. The summed E-state index contributed by atoms with van der Waals surface area (Å²) < 4.78 is 4.84. The molecule has 5 heteroatoms. The molecule has 0 aromatic carbocycles. The lowest BCUT2D eigenvalue weighted by Gasteiger charge is -2.19. The fourth-order valence-corrected chi connectivity index (χ4v) is 1.42. The highest BCUT2D eigenvalue weighted by molar-refractivity contribution is 6.18. The third-order valence-corrected chi connectivity index (χ3v) is 2.10. The van der Waals surface area contributed by atoms with Crippen LogP contribution in [0.1, 0.15) is 13.3 Å². The molecule has 0 spiro atoms. The number of esters is 1. The molecule has 0 N–H and O–H groups in total. The smallest absolute Gasteiger partial charge is 0.320 e. The van der Waals surface area contributed by atoms with Gasteiger partial charge in [-0.05, 0) is 19.9 Å². The van der Waals surface area contributed by atoms with Gasteiger partial charge in [-0.25, -0.2) is 0 Å². The first-order chi connectivity index (χ1) is 6.74. The average Bonchev–Trinajstić information content (AvgIpc) is 2.15. The van der Waals surface area contributed by atoms with E-state index in [1.165, 1.54) is 0 Å². The quantitative estimate of drug-likeness (QED) is 0.479. The Kier molecular flexibility index (Phi) is 9.57. The first kappa shape index (κ1) is 14.0. The second-order valence-corrected chi connectivity index (χ2v) is 3.57. The topological polar surface area (TPSA) is 29.5 Å². The van der Waals surface area contributed by atoms with Gasteiger partial charge in [-0.3, -0.25) is 9.69 Å². The zero-order valence-corrected chi connectivity index (χ0v) is 9.98. The van der Waals surface area contributed by atoms with E-state index in [9.17, 15) is 4.79 Å². The second-order valence-electron chi connectivity index (χ2n) is 2.81. The molecule has 0 saturated carbocycles. The fourth-order valence-electron chi connectivity index (χ4n) is 1.06. The molecule has 0 aliphatic heterocycles. The molecular weight excluding hydrogens is 225 g/mol. The molecule has 0 unspecified atom stereocenters. The lowest BCUT2D eigenvalue weighted by molar-refractivity contribution is -0.144. The summed E-state index contributed by atoms with van der Waals surface area (Å²) in [5.74, 6) is 0.913. The van der Waals surface area contributed by atoms with Crippen molar-refractivity contribution in [3.63, 3.8) is 0 Å². The van der Waals surface area contributed by atoms with Gasteiger partial charge >= 0.3 is 5.97 Å². The number of ether oxygens (including phenoxy) is 1. The van der Waals surface area contributed by atoms with E-state index < -0.39 is 0 Å².